The van der Waals surface area contributed by atoms with Crippen molar-refractivity contribution in [2.75, 3.05) is 13.1 Å². The number of aryl methyl sites for hydroxylation is 1. The number of ether oxygens (including phenoxy) is 1. The summed E-state index contributed by atoms with van der Waals surface area (Å²) >= 11 is 0. The predicted molar refractivity (Wildman–Crippen MR) is 134 cm³/mol. The molecule has 3 aromatic carbocycles. The first kappa shape index (κ1) is 23.6. The van der Waals surface area contributed by atoms with Crippen molar-refractivity contribution in [2.45, 2.75) is 45.8 Å². The van der Waals surface area contributed by atoms with Crippen LogP contribution in [0.15, 0.2) is 72.8 Å². The molecule has 4 rings (SSSR count). The summed E-state index contributed by atoms with van der Waals surface area (Å²) in [4.78, 5) is 27.9. The summed E-state index contributed by atoms with van der Waals surface area (Å²) in [5, 5.41) is 2.88. The van der Waals surface area contributed by atoms with Crippen molar-refractivity contribution < 1.29 is 14.3 Å². The highest BCUT2D eigenvalue weighted by molar-refractivity contribution is 5.95. The van der Waals surface area contributed by atoms with E-state index in [2.05, 4.69) is 36.5 Å². The molecule has 0 bridgehead atoms. The third-order valence-corrected chi connectivity index (χ3v) is 6.22. The van der Waals surface area contributed by atoms with Crippen LogP contribution in [0.1, 0.15) is 58.9 Å². The Morgan fingerprint density at radius 3 is 2.59 bits per heavy atom. The third-order valence-electron chi connectivity index (χ3n) is 6.22. The first-order chi connectivity index (χ1) is 16.5. The van der Waals surface area contributed by atoms with Crippen molar-refractivity contribution in [1.82, 2.24) is 10.2 Å². The Morgan fingerprint density at radius 1 is 1.06 bits per heavy atom. The molecule has 5 nitrogen and oxygen atoms in total. The van der Waals surface area contributed by atoms with Gasteiger partial charge in [0.25, 0.3) is 11.8 Å². The zero-order chi connectivity index (χ0) is 24.1. The molecule has 34 heavy (non-hydrogen) atoms. The van der Waals surface area contributed by atoms with Crippen molar-refractivity contribution in [1.29, 1.82) is 0 Å². The molecule has 1 heterocycles. The normalized spacial score (nSPS) is 15.9. The molecule has 0 radical (unpaired) electrons. The van der Waals surface area contributed by atoms with Gasteiger partial charge in [-0.3, -0.25) is 9.59 Å². The number of benzene rings is 3. The smallest absolute Gasteiger partial charge is 0.260 e. The zero-order valence-corrected chi connectivity index (χ0v) is 20.1. The number of nitrogens with zero attached hydrogens (tertiary/aromatic N) is 1. The number of nitrogens with one attached hydrogen (secondary N) is 1. The van der Waals surface area contributed by atoms with Crippen LogP contribution < -0.4 is 10.1 Å². The maximum Gasteiger partial charge on any atom is 0.260 e. The zero-order valence-electron chi connectivity index (χ0n) is 20.1. The maximum atomic E-state index is 13.6. The predicted octanol–water partition coefficient (Wildman–Crippen LogP) is 5.08. The van der Waals surface area contributed by atoms with Gasteiger partial charge in [0.05, 0.1) is 6.04 Å². The van der Waals surface area contributed by atoms with Crippen LogP contribution in [0.2, 0.25) is 0 Å². The van der Waals surface area contributed by atoms with Crippen LogP contribution >= 0.6 is 0 Å². The average molecular weight is 457 g/mol. The van der Waals surface area contributed by atoms with Gasteiger partial charge in [-0.2, -0.15) is 0 Å². The number of amides is 2. The summed E-state index contributed by atoms with van der Waals surface area (Å²) in [5.41, 5.74) is 5.12. The highest BCUT2D eigenvalue weighted by Gasteiger charge is 2.33. The number of fused-ring (bicyclic) bond motifs is 1. The molecular weight excluding hydrogens is 424 g/mol. The largest absolute Gasteiger partial charge is 0.481 e. The van der Waals surface area contributed by atoms with E-state index in [4.69, 9.17) is 4.74 Å². The van der Waals surface area contributed by atoms with Crippen LogP contribution in [0.25, 0.3) is 0 Å². The lowest BCUT2D eigenvalue weighted by Crippen LogP contribution is -2.40. The van der Waals surface area contributed by atoms with Gasteiger partial charge in [0.15, 0.2) is 6.10 Å². The van der Waals surface area contributed by atoms with Gasteiger partial charge in [-0.15, -0.1) is 0 Å². The minimum atomic E-state index is -0.604. The van der Waals surface area contributed by atoms with Gasteiger partial charge in [-0.05, 0) is 67.6 Å². The molecule has 0 saturated heterocycles. The van der Waals surface area contributed by atoms with Crippen molar-refractivity contribution >= 4 is 11.8 Å². The van der Waals surface area contributed by atoms with E-state index in [1.165, 1.54) is 5.56 Å². The van der Waals surface area contributed by atoms with Gasteiger partial charge in [-0.1, -0.05) is 61.0 Å². The van der Waals surface area contributed by atoms with Crippen LogP contribution in [0.3, 0.4) is 0 Å². The number of hydrogen-bond donors (Lipinski definition) is 1. The minimum Gasteiger partial charge on any atom is -0.481 e. The van der Waals surface area contributed by atoms with Crippen molar-refractivity contribution in [3.63, 3.8) is 0 Å². The molecule has 2 amide bonds. The number of carbonyl (C=O) groups is 2. The summed E-state index contributed by atoms with van der Waals surface area (Å²) in [6.45, 7) is 7.10. The molecule has 176 valence electrons. The van der Waals surface area contributed by atoms with Crippen LogP contribution in [0.5, 0.6) is 5.75 Å². The second-order valence-corrected chi connectivity index (χ2v) is 8.84. The highest BCUT2D eigenvalue weighted by atomic mass is 16.5. The van der Waals surface area contributed by atoms with Gasteiger partial charge in [0.1, 0.15) is 5.75 Å². The molecule has 3 aromatic rings. The fourth-order valence-corrected chi connectivity index (χ4v) is 4.48. The van der Waals surface area contributed by atoms with Gasteiger partial charge in [0.2, 0.25) is 0 Å². The molecule has 1 N–H and O–H groups in total. The number of rotatable bonds is 7. The molecule has 0 saturated carbocycles. The van der Waals surface area contributed by atoms with E-state index >= 15 is 0 Å². The van der Waals surface area contributed by atoms with Gasteiger partial charge in [-0.25, -0.2) is 0 Å². The first-order valence-electron chi connectivity index (χ1n) is 12.0. The van der Waals surface area contributed by atoms with E-state index < -0.39 is 6.10 Å². The Hall–Kier alpha value is -3.60. The Labute approximate surface area is 201 Å². The van der Waals surface area contributed by atoms with E-state index in [1.807, 2.05) is 60.4 Å². The standard InChI is InChI=1S/C29H32N2O3/c1-4-16-30-28(32)21(3)34-25-14-13-22-15-17-31(29(33)23-10-6-5-7-11-23)27(26(22)19-25)24-12-8-9-20(2)18-24/h5-14,18-19,21,27H,4,15-17H2,1-3H3,(H,30,32)/t21-,27+/m1/s1. The molecule has 2 atom stereocenters. The number of carbonyl (C=O) groups excluding carboxylic acids is 2. The average Bonchev–Trinajstić information content (AvgIpc) is 2.86. The molecule has 0 fully saturated rings. The Balaban J connectivity index is 1.70. The van der Waals surface area contributed by atoms with Gasteiger partial charge < -0.3 is 15.0 Å². The fourth-order valence-electron chi connectivity index (χ4n) is 4.48. The van der Waals surface area contributed by atoms with E-state index in [-0.39, 0.29) is 17.9 Å². The summed E-state index contributed by atoms with van der Waals surface area (Å²) in [6.07, 6.45) is 1.04. The second kappa shape index (κ2) is 10.6. The van der Waals surface area contributed by atoms with Crippen molar-refractivity contribution in [3.8, 4) is 5.75 Å². The Kier molecular flexibility index (Phi) is 7.31. The SMILES string of the molecule is CCCNC(=O)[C@@H](C)Oc1ccc2c(c1)[C@H](c1cccc(C)c1)N(C(=O)c1ccccc1)CC2. The van der Waals surface area contributed by atoms with E-state index in [9.17, 15) is 9.59 Å². The van der Waals surface area contributed by atoms with Crippen LogP contribution in [-0.4, -0.2) is 35.9 Å². The molecule has 0 aliphatic carbocycles. The third kappa shape index (κ3) is 5.14. The maximum absolute atomic E-state index is 13.6. The summed E-state index contributed by atoms with van der Waals surface area (Å²) in [7, 11) is 0. The summed E-state index contributed by atoms with van der Waals surface area (Å²) < 4.78 is 6.01. The lowest BCUT2D eigenvalue weighted by molar-refractivity contribution is -0.127. The van der Waals surface area contributed by atoms with E-state index in [0.29, 0.717) is 24.4 Å². The van der Waals surface area contributed by atoms with Crippen LogP contribution in [0.4, 0.5) is 0 Å². The molecule has 1 aliphatic heterocycles. The Morgan fingerprint density at radius 2 is 1.85 bits per heavy atom. The van der Waals surface area contributed by atoms with Crippen LogP contribution in [0, 0.1) is 6.92 Å². The lowest BCUT2D eigenvalue weighted by atomic mass is 9.87. The molecule has 1 aliphatic rings. The molecular formula is C29H32N2O3. The minimum absolute atomic E-state index is 0.0105. The highest BCUT2D eigenvalue weighted by Crippen LogP contribution is 2.38. The van der Waals surface area contributed by atoms with Crippen LogP contribution in [-0.2, 0) is 11.2 Å². The topological polar surface area (TPSA) is 58.6 Å². The molecule has 0 spiro atoms. The summed E-state index contributed by atoms with van der Waals surface area (Å²) in [6, 6.07) is 23.5. The van der Waals surface area contributed by atoms with E-state index in [1.54, 1.807) is 6.92 Å². The second-order valence-electron chi connectivity index (χ2n) is 8.84. The molecule has 5 heteroatoms. The first-order valence-corrected chi connectivity index (χ1v) is 12.0. The lowest BCUT2D eigenvalue weighted by Gasteiger charge is -2.38. The van der Waals surface area contributed by atoms with E-state index in [0.717, 1.165) is 29.5 Å². The monoisotopic (exact) mass is 456 g/mol. The van der Waals surface area contributed by atoms with Gasteiger partial charge in [0, 0.05) is 18.7 Å². The van der Waals surface area contributed by atoms with Crippen molar-refractivity contribution in [3.05, 3.63) is 101 Å². The Bertz CT molecular complexity index is 1160. The molecule has 0 unspecified atom stereocenters. The van der Waals surface area contributed by atoms with Crippen molar-refractivity contribution in [2.24, 2.45) is 0 Å². The fraction of sp³-hybridized carbons (Fsp3) is 0.310. The quantitative estimate of drug-likeness (QED) is 0.540. The van der Waals surface area contributed by atoms with Gasteiger partial charge >= 0.3 is 0 Å². The number of hydrogen-bond acceptors (Lipinski definition) is 3. The summed E-state index contributed by atoms with van der Waals surface area (Å²) in [5.74, 6) is 0.511. The molecule has 0 aromatic heterocycles.